The fourth-order valence-electron chi connectivity index (χ4n) is 0.427. The summed E-state index contributed by atoms with van der Waals surface area (Å²) in [6.45, 7) is 6.47. The van der Waals surface area contributed by atoms with Gasteiger partial charge < -0.3 is 9.83 Å². The van der Waals surface area contributed by atoms with Crippen LogP contribution in [0.4, 0.5) is 0 Å². The first-order chi connectivity index (χ1) is 6.15. The normalized spacial score (nSPS) is 11.1. The number of nitrogens with zero attached hydrogens (tertiary/aromatic N) is 2. The molecular formula is C8H13N3OS. The largest absolute Gasteiger partial charge is 0.514 e. The van der Waals surface area contributed by atoms with Crippen molar-refractivity contribution in [2.75, 3.05) is 13.6 Å². The van der Waals surface area contributed by atoms with Crippen molar-refractivity contribution in [1.82, 2.24) is 9.03 Å². The van der Waals surface area contributed by atoms with Crippen molar-refractivity contribution >= 4 is 12.1 Å². The Bertz CT molecular complexity index is 244. The second-order valence-corrected chi connectivity index (χ2v) is 3.28. The summed E-state index contributed by atoms with van der Waals surface area (Å²) in [7, 11) is 1.90. The Hall–Kier alpha value is -1.12. The van der Waals surface area contributed by atoms with Gasteiger partial charge in [-0.15, -0.1) is 0 Å². The SMILES string of the molecule is C=C(NSN(C)CC)/C(C#N)=C/O. The molecule has 5 heteroatoms. The molecule has 0 aromatic carbocycles. The minimum absolute atomic E-state index is 0.136. The van der Waals surface area contributed by atoms with Crippen molar-refractivity contribution in [3.05, 3.63) is 24.1 Å². The lowest BCUT2D eigenvalue weighted by molar-refractivity contribution is 0.470. The summed E-state index contributed by atoms with van der Waals surface area (Å²) < 4.78 is 4.76. The Kier molecular flexibility index (Phi) is 5.85. The molecule has 0 rings (SSSR count). The summed E-state index contributed by atoms with van der Waals surface area (Å²) in [6, 6.07) is 1.81. The molecule has 0 unspecified atom stereocenters. The van der Waals surface area contributed by atoms with Crippen LogP contribution in [0, 0.1) is 11.3 Å². The zero-order valence-electron chi connectivity index (χ0n) is 7.74. The van der Waals surface area contributed by atoms with Gasteiger partial charge in [0, 0.05) is 18.7 Å². The second-order valence-electron chi connectivity index (χ2n) is 2.27. The third-order valence-corrected chi connectivity index (χ3v) is 2.25. The molecule has 0 atom stereocenters. The third-order valence-electron chi connectivity index (χ3n) is 1.34. The van der Waals surface area contributed by atoms with E-state index in [-0.39, 0.29) is 5.57 Å². The van der Waals surface area contributed by atoms with Gasteiger partial charge in [-0.2, -0.15) is 5.26 Å². The molecular weight excluding hydrogens is 186 g/mol. The van der Waals surface area contributed by atoms with Gasteiger partial charge in [0.15, 0.2) is 0 Å². The summed E-state index contributed by atoms with van der Waals surface area (Å²) >= 11 is 1.32. The van der Waals surface area contributed by atoms with Crippen molar-refractivity contribution in [2.45, 2.75) is 6.92 Å². The van der Waals surface area contributed by atoms with Crippen LogP contribution in [0.1, 0.15) is 6.92 Å². The average molecular weight is 199 g/mol. The number of nitrogens with one attached hydrogen (secondary N) is 1. The highest BCUT2D eigenvalue weighted by atomic mass is 32.2. The molecule has 0 aliphatic carbocycles. The molecule has 0 aromatic heterocycles. The molecule has 0 fully saturated rings. The number of nitriles is 1. The number of rotatable bonds is 5. The monoisotopic (exact) mass is 199 g/mol. The molecule has 0 heterocycles. The number of hydrogen-bond acceptors (Lipinski definition) is 5. The minimum Gasteiger partial charge on any atom is -0.514 e. The maximum Gasteiger partial charge on any atom is 0.110 e. The van der Waals surface area contributed by atoms with Crippen molar-refractivity contribution in [2.24, 2.45) is 0 Å². The van der Waals surface area contributed by atoms with E-state index < -0.39 is 0 Å². The van der Waals surface area contributed by atoms with Gasteiger partial charge in [0.05, 0.1) is 12.0 Å². The van der Waals surface area contributed by atoms with Crippen LogP contribution in [0.25, 0.3) is 0 Å². The Morgan fingerprint density at radius 1 is 1.85 bits per heavy atom. The zero-order chi connectivity index (χ0) is 10.3. The molecule has 0 saturated carbocycles. The van der Waals surface area contributed by atoms with Gasteiger partial charge in [0.2, 0.25) is 0 Å². The molecule has 13 heavy (non-hydrogen) atoms. The van der Waals surface area contributed by atoms with Gasteiger partial charge in [0.1, 0.15) is 11.6 Å². The Balaban J connectivity index is 3.96. The Labute approximate surface area is 82.8 Å². The van der Waals surface area contributed by atoms with Crippen molar-refractivity contribution in [1.29, 1.82) is 5.26 Å². The zero-order valence-corrected chi connectivity index (χ0v) is 8.56. The van der Waals surface area contributed by atoms with Crippen molar-refractivity contribution in [3.63, 3.8) is 0 Å². The van der Waals surface area contributed by atoms with Crippen LogP contribution < -0.4 is 4.72 Å². The maximum absolute atomic E-state index is 8.61. The molecule has 0 spiro atoms. The summed E-state index contributed by atoms with van der Waals surface area (Å²) in [5.74, 6) is 0. The van der Waals surface area contributed by atoms with Crippen LogP contribution in [-0.2, 0) is 0 Å². The smallest absolute Gasteiger partial charge is 0.110 e. The van der Waals surface area contributed by atoms with Crippen LogP contribution in [0.3, 0.4) is 0 Å². The quantitative estimate of drug-likeness (QED) is 0.304. The Morgan fingerprint density at radius 2 is 2.46 bits per heavy atom. The van der Waals surface area contributed by atoms with Gasteiger partial charge >= 0.3 is 0 Å². The molecule has 72 valence electrons. The second kappa shape index (κ2) is 6.40. The molecule has 4 nitrogen and oxygen atoms in total. The minimum atomic E-state index is 0.136. The molecule has 0 aromatic rings. The lowest BCUT2D eigenvalue weighted by Crippen LogP contribution is -2.16. The van der Waals surface area contributed by atoms with Gasteiger partial charge in [0.25, 0.3) is 0 Å². The molecule has 0 amide bonds. The fourth-order valence-corrected chi connectivity index (χ4v) is 0.932. The van der Waals surface area contributed by atoms with Crippen LogP contribution in [-0.4, -0.2) is 23.0 Å². The molecule has 2 N–H and O–H groups in total. The summed E-state index contributed by atoms with van der Waals surface area (Å²) in [5, 5.41) is 17.1. The average Bonchev–Trinajstić information content (AvgIpc) is 2.16. The van der Waals surface area contributed by atoms with E-state index in [1.807, 2.05) is 24.3 Å². The summed E-state index contributed by atoms with van der Waals surface area (Å²) in [6.07, 6.45) is 0.738. The van der Waals surface area contributed by atoms with Gasteiger partial charge in [-0.1, -0.05) is 13.5 Å². The first kappa shape index (κ1) is 11.9. The van der Waals surface area contributed by atoms with Crippen LogP contribution in [0.5, 0.6) is 0 Å². The van der Waals surface area contributed by atoms with E-state index in [2.05, 4.69) is 11.3 Å². The molecule has 0 aliphatic rings. The van der Waals surface area contributed by atoms with E-state index in [0.29, 0.717) is 5.70 Å². The highest BCUT2D eigenvalue weighted by Gasteiger charge is 2.02. The molecule has 0 aliphatic heterocycles. The van der Waals surface area contributed by atoms with E-state index in [9.17, 15) is 0 Å². The van der Waals surface area contributed by atoms with Crippen LogP contribution in [0.2, 0.25) is 0 Å². The first-order valence-electron chi connectivity index (χ1n) is 3.73. The number of aliphatic hydroxyl groups excluding tert-OH is 1. The molecule has 0 radical (unpaired) electrons. The van der Waals surface area contributed by atoms with Crippen LogP contribution in [0.15, 0.2) is 24.1 Å². The summed E-state index contributed by atoms with van der Waals surface area (Å²) in [5.41, 5.74) is 0.535. The van der Waals surface area contributed by atoms with E-state index in [4.69, 9.17) is 10.4 Å². The lowest BCUT2D eigenvalue weighted by Gasteiger charge is -2.14. The highest BCUT2D eigenvalue weighted by molar-refractivity contribution is 7.95. The van der Waals surface area contributed by atoms with Crippen molar-refractivity contribution < 1.29 is 5.11 Å². The number of aliphatic hydroxyl groups is 1. The predicted octanol–water partition coefficient (Wildman–Crippen LogP) is 1.57. The lowest BCUT2D eigenvalue weighted by atomic mass is 10.3. The van der Waals surface area contributed by atoms with Gasteiger partial charge in [-0.25, -0.2) is 4.31 Å². The molecule has 0 saturated heterocycles. The van der Waals surface area contributed by atoms with E-state index in [1.165, 1.54) is 12.1 Å². The fraction of sp³-hybridized carbons (Fsp3) is 0.375. The topological polar surface area (TPSA) is 59.3 Å². The third kappa shape index (κ3) is 4.45. The predicted molar refractivity (Wildman–Crippen MR) is 54.5 cm³/mol. The van der Waals surface area contributed by atoms with Gasteiger partial charge in [-0.05, 0) is 7.05 Å². The highest BCUT2D eigenvalue weighted by Crippen LogP contribution is 2.08. The number of allylic oxidation sites excluding steroid dienone is 1. The van der Waals surface area contributed by atoms with E-state index in [0.717, 1.165) is 12.8 Å². The van der Waals surface area contributed by atoms with Gasteiger partial charge in [-0.3, -0.25) is 0 Å². The van der Waals surface area contributed by atoms with Crippen molar-refractivity contribution in [3.8, 4) is 6.07 Å². The molecule has 0 bridgehead atoms. The first-order valence-corrected chi connectivity index (χ1v) is 4.50. The maximum atomic E-state index is 8.61. The number of hydrogen-bond donors (Lipinski definition) is 2. The standard InChI is InChI=1S/C8H13N3OS/c1-4-11(3)13-10-7(2)8(5-9)6-12/h6,10,12H,2,4H2,1,3H3/b8-6+. The van der Waals surface area contributed by atoms with E-state index in [1.54, 1.807) is 0 Å². The summed E-state index contributed by atoms with van der Waals surface area (Å²) in [4.78, 5) is 0. The van der Waals surface area contributed by atoms with Crippen LogP contribution >= 0.6 is 12.1 Å². The van der Waals surface area contributed by atoms with E-state index >= 15 is 0 Å². The Morgan fingerprint density at radius 3 is 2.85 bits per heavy atom.